The summed E-state index contributed by atoms with van der Waals surface area (Å²) in [6.07, 6.45) is -2.27. The van der Waals surface area contributed by atoms with E-state index in [1.54, 1.807) is 17.4 Å². The highest BCUT2D eigenvalue weighted by molar-refractivity contribution is 7.08. The fraction of sp³-hybridized carbons (Fsp3) is 0.227. The Morgan fingerprint density at radius 2 is 1.93 bits per heavy atom. The van der Waals surface area contributed by atoms with Crippen LogP contribution in [-0.4, -0.2) is 11.9 Å². The molecule has 0 bridgehead atoms. The van der Waals surface area contributed by atoms with Gasteiger partial charge in [-0.15, -0.1) is 0 Å². The summed E-state index contributed by atoms with van der Waals surface area (Å²) in [5.74, 6) is -0.438. The molecular weight excluding hydrogens is 397 g/mol. The Morgan fingerprint density at radius 3 is 2.59 bits per heavy atom. The predicted octanol–water partition coefficient (Wildman–Crippen LogP) is 6.63. The van der Waals surface area contributed by atoms with Crippen LogP contribution >= 0.6 is 11.3 Å². The summed E-state index contributed by atoms with van der Waals surface area (Å²) in [5.41, 5.74) is 2.81. The number of carbonyl (C=O) groups excluding carboxylic acids is 1. The van der Waals surface area contributed by atoms with Gasteiger partial charge < -0.3 is 10.2 Å². The number of hydrogen-bond donors (Lipinski definition) is 1. The minimum absolute atomic E-state index is 0.115. The Kier molecular flexibility index (Phi) is 5.08. The third-order valence-corrected chi connectivity index (χ3v) is 5.55. The molecule has 3 aromatic rings. The number of amides is 1. The molecule has 1 saturated carbocycles. The number of alkyl halides is 3. The van der Waals surface area contributed by atoms with Gasteiger partial charge in [-0.3, -0.25) is 4.79 Å². The van der Waals surface area contributed by atoms with Gasteiger partial charge in [0.2, 0.25) is 0 Å². The number of aryl methyl sites for hydroxylation is 1. The van der Waals surface area contributed by atoms with Crippen LogP contribution in [0.4, 0.5) is 30.2 Å². The van der Waals surface area contributed by atoms with E-state index in [9.17, 15) is 18.0 Å². The smallest absolute Gasteiger partial charge is 0.337 e. The van der Waals surface area contributed by atoms with Gasteiger partial charge >= 0.3 is 6.18 Å². The van der Waals surface area contributed by atoms with Crippen LogP contribution in [0.2, 0.25) is 0 Å². The number of hydrogen-bond acceptors (Lipinski definition) is 3. The van der Waals surface area contributed by atoms with Gasteiger partial charge in [0.05, 0.1) is 11.3 Å². The third kappa shape index (κ3) is 4.29. The van der Waals surface area contributed by atoms with Crippen LogP contribution < -0.4 is 10.2 Å². The maximum absolute atomic E-state index is 12.9. The standard InChI is InChI=1S/C22H19F3N2OS/c1-14-5-6-15(11-20(14)27(18-7-8-18)19-9-10-29-13-19)21(28)26-17-4-2-3-16(12-17)22(23,24)25/h2-6,9-13,18H,7-8H2,1H3,(H,26,28). The first kappa shape index (κ1) is 19.5. The monoisotopic (exact) mass is 416 g/mol. The van der Waals surface area contributed by atoms with Gasteiger partial charge in [0.25, 0.3) is 5.91 Å². The number of thiophene rings is 1. The van der Waals surface area contributed by atoms with E-state index in [0.717, 1.165) is 41.9 Å². The molecule has 1 fully saturated rings. The fourth-order valence-electron chi connectivity index (χ4n) is 3.26. The molecule has 1 aliphatic carbocycles. The van der Waals surface area contributed by atoms with Gasteiger partial charge in [-0.05, 0) is 67.1 Å². The lowest BCUT2D eigenvalue weighted by Gasteiger charge is -2.26. The van der Waals surface area contributed by atoms with Gasteiger partial charge in [0.1, 0.15) is 0 Å². The van der Waals surface area contributed by atoms with Crippen molar-refractivity contribution in [3.63, 3.8) is 0 Å². The lowest BCUT2D eigenvalue weighted by atomic mass is 10.1. The van der Waals surface area contributed by atoms with Gasteiger partial charge in [-0.1, -0.05) is 12.1 Å². The molecule has 1 heterocycles. The Balaban J connectivity index is 1.61. The second-order valence-electron chi connectivity index (χ2n) is 7.12. The normalized spacial score (nSPS) is 13.9. The average Bonchev–Trinajstić information content (AvgIpc) is 3.36. The number of nitrogens with one attached hydrogen (secondary N) is 1. The van der Waals surface area contributed by atoms with Gasteiger partial charge in [-0.25, -0.2) is 0 Å². The van der Waals surface area contributed by atoms with Crippen LogP contribution in [0.25, 0.3) is 0 Å². The Morgan fingerprint density at radius 1 is 1.14 bits per heavy atom. The zero-order chi connectivity index (χ0) is 20.6. The van der Waals surface area contributed by atoms with Crippen molar-refractivity contribution in [2.45, 2.75) is 32.0 Å². The van der Waals surface area contributed by atoms with E-state index < -0.39 is 17.6 Å². The highest BCUT2D eigenvalue weighted by Gasteiger charge is 2.32. The summed E-state index contributed by atoms with van der Waals surface area (Å²) in [5, 5.41) is 6.68. The molecular formula is C22H19F3N2OS. The quantitative estimate of drug-likeness (QED) is 0.506. The summed E-state index contributed by atoms with van der Waals surface area (Å²) < 4.78 is 38.7. The van der Waals surface area contributed by atoms with Crippen LogP contribution in [-0.2, 0) is 6.18 Å². The van der Waals surface area contributed by atoms with E-state index in [1.165, 1.54) is 12.1 Å². The second-order valence-corrected chi connectivity index (χ2v) is 7.90. The number of rotatable bonds is 5. The van der Waals surface area contributed by atoms with Crippen molar-refractivity contribution in [3.05, 3.63) is 76.0 Å². The zero-order valence-electron chi connectivity index (χ0n) is 15.7. The minimum atomic E-state index is -4.46. The van der Waals surface area contributed by atoms with Crippen molar-refractivity contribution in [2.75, 3.05) is 10.2 Å². The highest BCUT2D eigenvalue weighted by atomic mass is 32.1. The van der Waals surface area contributed by atoms with Crippen molar-refractivity contribution >= 4 is 34.3 Å². The molecule has 0 saturated heterocycles. The van der Waals surface area contributed by atoms with Crippen LogP contribution in [0.1, 0.15) is 34.3 Å². The maximum atomic E-state index is 12.9. The highest BCUT2D eigenvalue weighted by Crippen LogP contribution is 2.40. The summed E-state index contributed by atoms with van der Waals surface area (Å²) >= 11 is 1.62. The van der Waals surface area contributed by atoms with Crippen LogP contribution in [0.3, 0.4) is 0 Å². The molecule has 29 heavy (non-hydrogen) atoms. The molecule has 1 amide bonds. The maximum Gasteiger partial charge on any atom is 0.416 e. The molecule has 0 radical (unpaired) electrons. The van der Waals surface area contributed by atoms with Crippen molar-refractivity contribution in [1.29, 1.82) is 0 Å². The lowest BCUT2D eigenvalue weighted by Crippen LogP contribution is -2.21. The van der Waals surface area contributed by atoms with Crippen molar-refractivity contribution < 1.29 is 18.0 Å². The minimum Gasteiger partial charge on any atom is -0.337 e. The molecule has 0 spiro atoms. The van der Waals surface area contributed by atoms with Crippen LogP contribution in [0.15, 0.2) is 59.3 Å². The zero-order valence-corrected chi connectivity index (χ0v) is 16.5. The summed E-state index contributed by atoms with van der Waals surface area (Å²) in [4.78, 5) is 15.0. The number of nitrogens with zero attached hydrogens (tertiary/aromatic N) is 1. The van der Waals surface area contributed by atoms with E-state index in [1.807, 2.05) is 24.4 Å². The lowest BCUT2D eigenvalue weighted by molar-refractivity contribution is -0.137. The van der Waals surface area contributed by atoms with E-state index in [-0.39, 0.29) is 5.69 Å². The predicted molar refractivity (Wildman–Crippen MR) is 110 cm³/mol. The summed E-state index contributed by atoms with van der Waals surface area (Å²) in [6.45, 7) is 1.99. The first-order valence-electron chi connectivity index (χ1n) is 9.23. The van der Waals surface area contributed by atoms with Gasteiger partial charge in [-0.2, -0.15) is 24.5 Å². The Bertz CT molecular complexity index is 1030. The molecule has 1 aromatic heterocycles. The molecule has 4 rings (SSSR count). The van der Waals surface area contributed by atoms with Crippen LogP contribution in [0.5, 0.6) is 0 Å². The molecule has 1 aliphatic rings. The molecule has 0 aliphatic heterocycles. The van der Waals surface area contributed by atoms with Gasteiger partial charge in [0, 0.05) is 28.4 Å². The molecule has 0 unspecified atom stereocenters. The van der Waals surface area contributed by atoms with Crippen molar-refractivity contribution in [1.82, 2.24) is 0 Å². The molecule has 150 valence electrons. The first-order valence-corrected chi connectivity index (χ1v) is 10.2. The number of benzene rings is 2. The fourth-order valence-corrected chi connectivity index (χ4v) is 3.89. The molecule has 1 N–H and O–H groups in total. The number of halogens is 3. The molecule has 0 atom stereocenters. The topological polar surface area (TPSA) is 32.3 Å². The van der Waals surface area contributed by atoms with E-state index in [0.29, 0.717) is 11.6 Å². The van der Waals surface area contributed by atoms with Crippen LogP contribution in [0, 0.1) is 6.92 Å². The SMILES string of the molecule is Cc1ccc(C(=O)Nc2cccc(C(F)(F)F)c2)cc1N(c1ccsc1)C1CC1. The van der Waals surface area contributed by atoms with E-state index in [2.05, 4.69) is 21.7 Å². The Hall–Kier alpha value is -2.80. The third-order valence-electron chi connectivity index (χ3n) is 4.87. The largest absolute Gasteiger partial charge is 0.416 e. The summed E-state index contributed by atoms with van der Waals surface area (Å²) in [6, 6.07) is 12.5. The van der Waals surface area contributed by atoms with Crippen molar-refractivity contribution in [3.8, 4) is 0 Å². The summed E-state index contributed by atoms with van der Waals surface area (Å²) in [7, 11) is 0. The van der Waals surface area contributed by atoms with Crippen molar-refractivity contribution in [2.24, 2.45) is 0 Å². The molecule has 7 heteroatoms. The number of anilines is 3. The first-order chi connectivity index (χ1) is 13.8. The average molecular weight is 416 g/mol. The number of carbonyl (C=O) groups is 1. The second kappa shape index (κ2) is 7.55. The Labute approximate surface area is 170 Å². The molecule has 2 aromatic carbocycles. The van der Waals surface area contributed by atoms with E-state index in [4.69, 9.17) is 0 Å². The van der Waals surface area contributed by atoms with Gasteiger partial charge in [0.15, 0.2) is 0 Å². The molecule has 3 nitrogen and oxygen atoms in total. The van der Waals surface area contributed by atoms with E-state index >= 15 is 0 Å².